The van der Waals surface area contributed by atoms with Crippen LogP contribution in [0.1, 0.15) is 17.0 Å². The fourth-order valence-electron chi connectivity index (χ4n) is 4.21. The fourth-order valence-corrected chi connectivity index (χ4v) is 4.21. The van der Waals surface area contributed by atoms with Crippen molar-refractivity contribution in [3.63, 3.8) is 0 Å². The highest BCUT2D eigenvalue weighted by atomic mass is 16.5. The molecule has 5 rings (SSSR count). The van der Waals surface area contributed by atoms with E-state index in [2.05, 4.69) is 5.32 Å². The molecule has 1 aromatic heterocycles. The molecule has 0 saturated carbocycles. The molecule has 1 amide bonds. The Morgan fingerprint density at radius 2 is 1.76 bits per heavy atom. The van der Waals surface area contributed by atoms with Crippen molar-refractivity contribution in [1.82, 2.24) is 0 Å². The maximum Gasteiger partial charge on any atom is 0.344 e. The lowest BCUT2D eigenvalue weighted by Crippen LogP contribution is -2.35. The van der Waals surface area contributed by atoms with Crippen LogP contribution in [-0.2, 0) is 4.79 Å². The molecule has 8 nitrogen and oxygen atoms in total. The van der Waals surface area contributed by atoms with E-state index in [0.717, 1.165) is 0 Å². The van der Waals surface area contributed by atoms with Crippen LogP contribution in [0.25, 0.3) is 11.0 Å². The van der Waals surface area contributed by atoms with Gasteiger partial charge in [0.2, 0.25) is 0 Å². The molecule has 172 valence electrons. The summed E-state index contributed by atoms with van der Waals surface area (Å²) in [7, 11) is 3.00. The topological polar surface area (TPSA) is 107 Å². The van der Waals surface area contributed by atoms with E-state index in [4.69, 9.17) is 18.6 Å². The number of para-hydroxylation sites is 1. The zero-order valence-corrected chi connectivity index (χ0v) is 18.4. The van der Waals surface area contributed by atoms with Gasteiger partial charge < -0.3 is 29.1 Å². The molecule has 0 spiro atoms. The number of rotatable bonds is 5. The Morgan fingerprint density at radius 3 is 2.47 bits per heavy atom. The van der Waals surface area contributed by atoms with Crippen LogP contribution in [-0.4, -0.2) is 31.3 Å². The Labute approximate surface area is 194 Å². The molecule has 4 aromatic rings. The van der Waals surface area contributed by atoms with Crippen molar-refractivity contribution in [2.24, 2.45) is 0 Å². The number of hydrogen-bond acceptors (Lipinski definition) is 7. The zero-order valence-electron chi connectivity index (χ0n) is 18.4. The van der Waals surface area contributed by atoms with Crippen LogP contribution in [0.5, 0.6) is 23.0 Å². The molecule has 0 radical (unpaired) electrons. The smallest absolute Gasteiger partial charge is 0.344 e. The van der Waals surface area contributed by atoms with Gasteiger partial charge in [-0.3, -0.25) is 4.79 Å². The van der Waals surface area contributed by atoms with Gasteiger partial charge in [-0.15, -0.1) is 0 Å². The maximum absolute atomic E-state index is 13.4. The molecule has 2 atom stereocenters. The first kappa shape index (κ1) is 21.4. The average molecular weight is 459 g/mol. The molecule has 1 aliphatic rings. The van der Waals surface area contributed by atoms with Gasteiger partial charge in [0.25, 0.3) is 5.91 Å². The van der Waals surface area contributed by atoms with Crippen molar-refractivity contribution < 1.29 is 28.5 Å². The summed E-state index contributed by atoms with van der Waals surface area (Å²) in [5.74, 6) is -0.170. The Hall–Kier alpha value is -4.46. The van der Waals surface area contributed by atoms with E-state index >= 15 is 0 Å². The number of hydrogen-bond donors (Lipinski definition) is 2. The standard InChI is InChI=1S/C26H21NO7/c1-31-16-10-8-15(9-11-16)27-25(29)24-21(14-7-12-20(32-2)18(28)13-14)22-23(34-24)17-5-3-4-6-19(17)33-26(22)30/h3-13,21,24,28H,1-2H3,(H,27,29)/t21-,24-/m1/s1. The summed E-state index contributed by atoms with van der Waals surface area (Å²) in [6.45, 7) is 0. The van der Waals surface area contributed by atoms with Crippen molar-refractivity contribution in [1.29, 1.82) is 0 Å². The molecule has 0 unspecified atom stereocenters. The number of fused-ring (bicyclic) bond motifs is 3. The monoisotopic (exact) mass is 459 g/mol. The molecule has 0 aliphatic carbocycles. The molecule has 0 saturated heterocycles. The lowest BCUT2D eigenvalue weighted by Gasteiger charge is -2.19. The van der Waals surface area contributed by atoms with Gasteiger partial charge in [-0.1, -0.05) is 18.2 Å². The first-order valence-corrected chi connectivity index (χ1v) is 10.5. The highest BCUT2D eigenvalue weighted by molar-refractivity contribution is 5.97. The summed E-state index contributed by atoms with van der Waals surface area (Å²) in [4.78, 5) is 26.4. The SMILES string of the molecule is COc1ccc(NC(=O)[C@@H]2Oc3c(c(=O)oc4ccccc34)[C@H]2c2ccc(OC)c(O)c2)cc1. The van der Waals surface area contributed by atoms with Gasteiger partial charge in [-0.25, -0.2) is 4.79 Å². The lowest BCUT2D eigenvalue weighted by molar-refractivity contribution is -0.122. The van der Waals surface area contributed by atoms with Crippen LogP contribution in [0.15, 0.2) is 75.9 Å². The highest BCUT2D eigenvalue weighted by Gasteiger charge is 2.44. The second-order valence-corrected chi connectivity index (χ2v) is 7.79. The minimum Gasteiger partial charge on any atom is -0.504 e. The highest BCUT2D eigenvalue weighted by Crippen LogP contribution is 2.45. The van der Waals surface area contributed by atoms with Gasteiger partial charge in [0, 0.05) is 5.69 Å². The Morgan fingerprint density at radius 1 is 1.00 bits per heavy atom. The second-order valence-electron chi connectivity index (χ2n) is 7.79. The van der Waals surface area contributed by atoms with Gasteiger partial charge >= 0.3 is 5.63 Å². The second kappa shape index (κ2) is 8.47. The number of carbonyl (C=O) groups excluding carboxylic acids is 1. The van der Waals surface area contributed by atoms with Gasteiger partial charge in [-0.2, -0.15) is 0 Å². The predicted molar refractivity (Wildman–Crippen MR) is 125 cm³/mol. The summed E-state index contributed by atoms with van der Waals surface area (Å²) in [5.41, 5.74) is 1.03. The fraction of sp³-hybridized carbons (Fsp3) is 0.154. The van der Waals surface area contributed by atoms with Crippen molar-refractivity contribution in [3.05, 3.63) is 88.3 Å². The van der Waals surface area contributed by atoms with Gasteiger partial charge in [-0.05, 0) is 54.1 Å². The summed E-state index contributed by atoms with van der Waals surface area (Å²) < 4.78 is 22.0. The van der Waals surface area contributed by atoms with Gasteiger partial charge in [0.1, 0.15) is 17.1 Å². The largest absolute Gasteiger partial charge is 0.504 e. The van der Waals surface area contributed by atoms with Crippen molar-refractivity contribution in [3.8, 4) is 23.0 Å². The number of amides is 1. The molecule has 0 bridgehead atoms. The van der Waals surface area contributed by atoms with Crippen LogP contribution in [0.2, 0.25) is 0 Å². The summed E-state index contributed by atoms with van der Waals surface area (Å²) in [5, 5.41) is 13.8. The molecule has 3 aromatic carbocycles. The predicted octanol–water partition coefficient (Wildman–Crippen LogP) is 4.05. The Bertz CT molecular complexity index is 1440. The van der Waals surface area contributed by atoms with Crippen LogP contribution < -0.4 is 25.2 Å². The molecule has 8 heteroatoms. The number of phenolic OH excluding ortho intramolecular Hbond substituents is 1. The third-order valence-electron chi connectivity index (χ3n) is 5.84. The number of nitrogens with one attached hydrogen (secondary N) is 1. The average Bonchev–Trinajstić information content (AvgIpc) is 3.26. The molecule has 1 aliphatic heterocycles. The normalized spacial score (nSPS) is 16.5. The van der Waals surface area contributed by atoms with Crippen LogP contribution in [0.4, 0.5) is 5.69 Å². The first-order valence-electron chi connectivity index (χ1n) is 10.5. The quantitative estimate of drug-likeness (QED) is 0.434. The third-order valence-corrected chi connectivity index (χ3v) is 5.84. The molecule has 2 N–H and O–H groups in total. The van der Waals surface area contributed by atoms with E-state index < -0.39 is 23.6 Å². The number of phenols is 1. The number of anilines is 1. The molecular formula is C26H21NO7. The summed E-state index contributed by atoms with van der Waals surface area (Å²) >= 11 is 0. The van der Waals surface area contributed by atoms with Crippen molar-refractivity contribution in [2.45, 2.75) is 12.0 Å². The van der Waals surface area contributed by atoms with Gasteiger partial charge in [0.05, 0.1) is 31.1 Å². The number of ether oxygens (including phenoxy) is 3. The van der Waals surface area contributed by atoms with Crippen LogP contribution in [0, 0.1) is 0 Å². The van der Waals surface area contributed by atoms with E-state index in [-0.39, 0.29) is 17.1 Å². The first-order chi connectivity index (χ1) is 16.5. The minimum absolute atomic E-state index is 0.118. The molecule has 34 heavy (non-hydrogen) atoms. The van der Waals surface area contributed by atoms with E-state index in [1.165, 1.54) is 13.2 Å². The van der Waals surface area contributed by atoms with E-state index in [1.807, 2.05) is 0 Å². The number of aromatic hydroxyl groups is 1. The number of methoxy groups -OCH3 is 2. The molecule has 2 heterocycles. The van der Waals surface area contributed by atoms with Crippen molar-refractivity contribution >= 4 is 22.6 Å². The molecular weight excluding hydrogens is 438 g/mol. The van der Waals surface area contributed by atoms with E-state index in [9.17, 15) is 14.7 Å². The number of benzene rings is 3. The minimum atomic E-state index is -1.08. The van der Waals surface area contributed by atoms with E-state index in [0.29, 0.717) is 33.7 Å². The molecule has 0 fully saturated rings. The third kappa shape index (κ3) is 3.59. The van der Waals surface area contributed by atoms with Crippen molar-refractivity contribution in [2.75, 3.05) is 19.5 Å². The lowest BCUT2D eigenvalue weighted by atomic mass is 9.88. The van der Waals surface area contributed by atoms with Crippen LogP contribution in [0.3, 0.4) is 0 Å². The summed E-state index contributed by atoms with van der Waals surface area (Å²) in [6, 6.07) is 18.6. The summed E-state index contributed by atoms with van der Waals surface area (Å²) in [6.07, 6.45) is -1.08. The van der Waals surface area contributed by atoms with E-state index in [1.54, 1.807) is 67.8 Å². The maximum atomic E-state index is 13.4. The van der Waals surface area contributed by atoms with Gasteiger partial charge in [0.15, 0.2) is 17.6 Å². The number of carbonyl (C=O) groups is 1. The zero-order chi connectivity index (χ0) is 23.8. The Kier molecular flexibility index (Phi) is 5.33. The Balaban J connectivity index is 1.61. The van der Waals surface area contributed by atoms with Crippen LogP contribution >= 0.6 is 0 Å².